The van der Waals surface area contributed by atoms with E-state index in [-0.39, 0.29) is 0 Å². The number of aromatic amines is 1. The highest BCUT2D eigenvalue weighted by molar-refractivity contribution is 5.84. The minimum absolute atomic E-state index is 0.513. The summed E-state index contributed by atoms with van der Waals surface area (Å²) in [6.07, 6.45) is 8.81. The van der Waals surface area contributed by atoms with E-state index in [4.69, 9.17) is 0 Å². The maximum Gasteiger partial charge on any atom is 0.321 e. The van der Waals surface area contributed by atoms with Gasteiger partial charge >= 0.3 is 5.97 Å². The number of H-pyrrole nitrogens is 1. The maximum absolute atomic E-state index is 11.6. The van der Waals surface area contributed by atoms with Gasteiger partial charge in [-0.25, -0.2) is 0 Å². The van der Waals surface area contributed by atoms with E-state index in [1.807, 2.05) is 30.5 Å². The third-order valence-corrected chi connectivity index (χ3v) is 4.77. The Hall–Kier alpha value is -1.81. The molecule has 22 heavy (non-hydrogen) atoms. The summed E-state index contributed by atoms with van der Waals surface area (Å²) in [7, 11) is 0. The first kappa shape index (κ1) is 15.1. The molecule has 0 aliphatic heterocycles. The molecule has 1 fully saturated rings. The van der Waals surface area contributed by atoms with Crippen LogP contribution in [0.2, 0.25) is 0 Å². The number of carbonyl (C=O) groups is 1. The summed E-state index contributed by atoms with van der Waals surface area (Å²) in [6.45, 7) is 0.819. The maximum atomic E-state index is 11.6. The van der Waals surface area contributed by atoms with Crippen LogP contribution < -0.4 is 5.32 Å². The molecular weight excluding hydrogens is 276 g/mol. The number of hydrogen-bond donors (Lipinski definition) is 3. The van der Waals surface area contributed by atoms with E-state index in [1.54, 1.807) is 0 Å². The van der Waals surface area contributed by atoms with Gasteiger partial charge in [0.15, 0.2) is 0 Å². The fourth-order valence-electron chi connectivity index (χ4n) is 3.47. The lowest BCUT2D eigenvalue weighted by Gasteiger charge is -2.24. The molecule has 3 rings (SSSR count). The summed E-state index contributed by atoms with van der Waals surface area (Å²) >= 11 is 0. The highest BCUT2D eigenvalue weighted by atomic mass is 16.4. The largest absolute Gasteiger partial charge is 0.480 e. The lowest BCUT2D eigenvalue weighted by atomic mass is 9.89. The molecule has 0 amide bonds. The zero-order chi connectivity index (χ0) is 15.4. The minimum atomic E-state index is -0.763. The highest BCUT2D eigenvalue weighted by Crippen LogP contribution is 2.23. The van der Waals surface area contributed by atoms with Crippen LogP contribution in [0.25, 0.3) is 10.9 Å². The quantitative estimate of drug-likeness (QED) is 0.766. The predicted molar refractivity (Wildman–Crippen MR) is 88.0 cm³/mol. The molecule has 4 nitrogen and oxygen atoms in total. The summed E-state index contributed by atoms with van der Waals surface area (Å²) in [5, 5.41) is 13.9. The molecular formula is C18H24N2O2. The fourth-order valence-corrected chi connectivity index (χ4v) is 3.47. The van der Waals surface area contributed by atoms with Crippen LogP contribution in [-0.2, 0) is 11.2 Å². The molecule has 0 radical (unpaired) electrons. The van der Waals surface area contributed by atoms with E-state index in [1.165, 1.54) is 32.1 Å². The molecule has 1 aromatic carbocycles. The van der Waals surface area contributed by atoms with Gasteiger partial charge in [0.25, 0.3) is 0 Å². The van der Waals surface area contributed by atoms with Crippen LogP contribution in [0, 0.1) is 5.92 Å². The second-order valence-corrected chi connectivity index (χ2v) is 6.37. The number of aromatic nitrogens is 1. The standard InChI is InChI=1S/C18H24N2O2/c21-18(22)17(19-11-13-6-2-1-3-7-13)10-14-12-20-16-9-5-4-8-15(14)16/h4-5,8-9,12-13,17,19-20H,1-3,6-7,10-11H2,(H,21,22)/t17-/m1/s1. The first-order valence-corrected chi connectivity index (χ1v) is 8.25. The van der Waals surface area contributed by atoms with Crippen LogP contribution in [-0.4, -0.2) is 28.6 Å². The van der Waals surface area contributed by atoms with Crippen molar-refractivity contribution in [2.75, 3.05) is 6.54 Å². The van der Waals surface area contributed by atoms with Crippen molar-refractivity contribution in [1.29, 1.82) is 0 Å². The van der Waals surface area contributed by atoms with E-state index in [0.717, 1.165) is 23.0 Å². The van der Waals surface area contributed by atoms with Gasteiger partial charge in [0.1, 0.15) is 6.04 Å². The van der Waals surface area contributed by atoms with Gasteiger partial charge < -0.3 is 15.4 Å². The average Bonchev–Trinajstić information content (AvgIpc) is 2.95. The highest BCUT2D eigenvalue weighted by Gasteiger charge is 2.21. The van der Waals surface area contributed by atoms with Crippen molar-refractivity contribution in [3.63, 3.8) is 0 Å². The average molecular weight is 300 g/mol. The summed E-state index contributed by atoms with van der Waals surface area (Å²) in [5.74, 6) is -0.125. The molecule has 1 heterocycles. The number of hydrogen-bond acceptors (Lipinski definition) is 2. The van der Waals surface area contributed by atoms with E-state index in [9.17, 15) is 9.90 Å². The summed E-state index contributed by atoms with van der Waals surface area (Å²) in [4.78, 5) is 14.8. The van der Waals surface area contributed by atoms with E-state index >= 15 is 0 Å². The molecule has 2 aromatic rings. The van der Waals surface area contributed by atoms with Crippen molar-refractivity contribution >= 4 is 16.9 Å². The van der Waals surface area contributed by atoms with Crippen LogP contribution in [0.1, 0.15) is 37.7 Å². The monoisotopic (exact) mass is 300 g/mol. The molecule has 1 atom stereocenters. The van der Waals surface area contributed by atoms with Crippen molar-refractivity contribution in [3.05, 3.63) is 36.0 Å². The smallest absolute Gasteiger partial charge is 0.321 e. The Balaban J connectivity index is 1.65. The fraction of sp³-hybridized carbons (Fsp3) is 0.500. The van der Waals surface area contributed by atoms with Gasteiger partial charge in [-0.3, -0.25) is 4.79 Å². The SMILES string of the molecule is O=C(O)[C@@H](Cc1c[nH]c2ccccc12)NCC1CCCCC1. The molecule has 1 aliphatic carbocycles. The van der Waals surface area contributed by atoms with Crippen LogP contribution in [0.4, 0.5) is 0 Å². The molecule has 4 heteroatoms. The first-order valence-electron chi connectivity index (χ1n) is 8.25. The Bertz CT molecular complexity index is 629. The molecule has 118 valence electrons. The van der Waals surface area contributed by atoms with Gasteiger partial charge in [-0.05, 0) is 36.9 Å². The minimum Gasteiger partial charge on any atom is -0.480 e. The second kappa shape index (κ2) is 6.97. The predicted octanol–water partition coefficient (Wildman–Crippen LogP) is 3.33. The van der Waals surface area contributed by atoms with Crippen LogP contribution in [0.15, 0.2) is 30.5 Å². The summed E-state index contributed by atoms with van der Waals surface area (Å²) in [5.41, 5.74) is 2.13. The lowest BCUT2D eigenvalue weighted by Crippen LogP contribution is -2.41. The van der Waals surface area contributed by atoms with Crippen molar-refractivity contribution < 1.29 is 9.90 Å². The number of rotatable bonds is 6. The molecule has 0 spiro atoms. The number of benzene rings is 1. The van der Waals surface area contributed by atoms with Gasteiger partial charge in [0, 0.05) is 23.5 Å². The van der Waals surface area contributed by atoms with E-state index in [2.05, 4.69) is 10.3 Å². The van der Waals surface area contributed by atoms with Crippen molar-refractivity contribution in [1.82, 2.24) is 10.3 Å². The Labute approximate surface area is 130 Å². The molecule has 1 aliphatic rings. The lowest BCUT2D eigenvalue weighted by molar-refractivity contribution is -0.139. The van der Waals surface area contributed by atoms with Gasteiger partial charge in [0.05, 0.1) is 0 Å². The molecule has 0 bridgehead atoms. The number of carboxylic acid groups (broad SMARTS) is 1. The molecule has 0 unspecified atom stereocenters. The van der Waals surface area contributed by atoms with Gasteiger partial charge in [-0.15, -0.1) is 0 Å². The van der Waals surface area contributed by atoms with E-state index < -0.39 is 12.0 Å². The molecule has 1 saturated carbocycles. The number of carboxylic acids is 1. The second-order valence-electron chi connectivity index (χ2n) is 6.37. The van der Waals surface area contributed by atoms with Crippen LogP contribution in [0.5, 0.6) is 0 Å². The van der Waals surface area contributed by atoms with Gasteiger partial charge in [0.2, 0.25) is 0 Å². The Kier molecular flexibility index (Phi) is 4.78. The molecule has 1 aromatic heterocycles. The van der Waals surface area contributed by atoms with Crippen molar-refractivity contribution in [2.45, 2.75) is 44.6 Å². The summed E-state index contributed by atoms with van der Waals surface area (Å²) in [6, 6.07) is 7.52. The zero-order valence-corrected chi connectivity index (χ0v) is 12.8. The normalized spacial score (nSPS) is 17.6. The van der Waals surface area contributed by atoms with Gasteiger partial charge in [-0.2, -0.15) is 0 Å². The molecule has 0 saturated heterocycles. The number of fused-ring (bicyclic) bond motifs is 1. The number of para-hydroxylation sites is 1. The van der Waals surface area contributed by atoms with Crippen LogP contribution in [0.3, 0.4) is 0 Å². The number of nitrogens with one attached hydrogen (secondary N) is 2. The Morgan fingerprint density at radius 2 is 2.05 bits per heavy atom. The van der Waals surface area contributed by atoms with E-state index in [0.29, 0.717) is 12.3 Å². The third-order valence-electron chi connectivity index (χ3n) is 4.77. The Morgan fingerprint density at radius 1 is 1.27 bits per heavy atom. The zero-order valence-electron chi connectivity index (χ0n) is 12.8. The first-order chi connectivity index (χ1) is 10.7. The van der Waals surface area contributed by atoms with Gasteiger partial charge in [-0.1, -0.05) is 37.5 Å². The van der Waals surface area contributed by atoms with Crippen molar-refractivity contribution in [2.24, 2.45) is 5.92 Å². The van der Waals surface area contributed by atoms with Crippen molar-refractivity contribution in [3.8, 4) is 0 Å². The molecule has 3 N–H and O–H groups in total. The Morgan fingerprint density at radius 3 is 2.82 bits per heavy atom. The number of aliphatic carboxylic acids is 1. The van der Waals surface area contributed by atoms with Crippen LogP contribution >= 0.6 is 0 Å². The summed E-state index contributed by atoms with van der Waals surface area (Å²) < 4.78 is 0. The topological polar surface area (TPSA) is 65.1 Å². The third kappa shape index (κ3) is 3.50.